The molecule has 1 N–H and O–H groups in total. The molecule has 2 aliphatic rings. The Balaban J connectivity index is 1.59. The van der Waals surface area contributed by atoms with Gasteiger partial charge in [-0.25, -0.2) is 13.4 Å². The maximum atomic E-state index is 14.8. The first-order valence-electron chi connectivity index (χ1n) is 18.5. The molecule has 4 aromatic rings. The molecule has 0 unspecified atom stereocenters. The summed E-state index contributed by atoms with van der Waals surface area (Å²) < 4.78 is 125. The van der Waals surface area contributed by atoms with E-state index in [1.54, 1.807) is 6.92 Å². The first-order valence-corrected chi connectivity index (χ1v) is 20.0. The van der Waals surface area contributed by atoms with Gasteiger partial charge >= 0.3 is 12.4 Å². The second-order valence-electron chi connectivity index (χ2n) is 14.2. The Kier molecular flexibility index (Phi) is 12.3. The summed E-state index contributed by atoms with van der Waals surface area (Å²) in [5, 5.41) is 1.12. The lowest BCUT2D eigenvalue weighted by Gasteiger charge is -2.40. The quantitative estimate of drug-likeness (QED) is 0.153. The van der Waals surface area contributed by atoms with E-state index in [1.165, 1.54) is 68.4 Å². The molecule has 0 aliphatic carbocycles. The van der Waals surface area contributed by atoms with Crippen molar-refractivity contribution in [3.63, 3.8) is 0 Å². The summed E-state index contributed by atoms with van der Waals surface area (Å²) in [7, 11) is -4.11. The second kappa shape index (κ2) is 16.7. The van der Waals surface area contributed by atoms with E-state index >= 15 is 0 Å². The number of amides is 1. The monoisotopic (exact) mass is 806 g/mol. The lowest BCUT2D eigenvalue weighted by atomic mass is 9.93. The van der Waals surface area contributed by atoms with E-state index in [1.807, 2.05) is 4.90 Å². The number of pyridine rings is 1. The first-order chi connectivity index (χ1) is 26.5. The number of halogens is 6. The summed E-state index contributed by atoms with van der Waals surface area (Å²) in [5.74, 6) is -1.31. The van der Waals surface area contributed by atoms with Crippen LogP contribution in [0.15, 0.2) is 71.6 Å². The zero-order valence-corrected chi connectivity index (χ0v) is 32.0. The van der Waals surface area contributed by atoms with Crippen molar-refractivity contribution in [2.45, 2.75) is 74.7 Å². The normalized spacial score (nSPS) is 17.3. The van der Waals surface area contributed by atoms with Gasteiger partial charge in [0.05, 0.1) is 47.4 Å². The summed E-state index contributed by atoms with van der Waals surface area (Å²) in [4.78, 5) is 23.5. The van der Waals surface area contributed by atoms with E-state index in [0.717, 1.165) is 38.1 Å². The Bertz CT molecular complexity index is 2130. The molecule has 1 aromatic heterocycles. The van der Waals surface area contributed by atoms with Crippen LogP contribution in [0.3, 0.4) is 0 Å². The molecule has 0 spiro atoms. The predicted molar refractivity (Wildman–Crippen MR) is 199 cm³/mol. The molecule has 3 heterocycles. The summed E-state index contributed by atoms with van der Waals surface area (Å²) in [5.41, 5.74) is -1.65. The zero-order valence-electron chi connectivity index (χ0n) is 31.2. The van der Waals surface area contributed by atoms with Crippen molar-refractivity contribution in [1.29, 1.82) is 0 Å². The number of nitrogens with one attached hydrogen (secondary N) is 1. The van der Waals surface area contributed by atoms with Gasteiger partial charge < -0.3 is 14.8 Å². The van der Waals surface area contributed by atoms with Crippen LogP contribution < -0.4 is 10.1 Å². The number of likely N-dealkylation sites (tertiary alicyclic amines) is 1. The van der Waals surface area contributed by atoms with Gasteiger partial charge in [-0.3, -0.25) is 14.6 Å². The van der Waals surface area contributed by atoms with E-state index in [9.17, 15) is 39.6 Å². The number of fused-ring (bicyclic) bond motifs is 1. The van der Waals surface area contributed by atoms with Gasteiger partial charge in [0.25, 0.3) is 5.91 Å². The van der Waals surface area contributed by atoms with Gasteiger partial charge in [-0.1, -0.05) is 42.5 Å². The molecule has 9 nitrogen and oxygen atoms in total. The summed E-state index contributed by atoms with van der Waals surface area (Å²) >= 11 is 0. The summed E-state index contributed by atoms with van der Waals surface area (Å²) in [6.45, 7) is 8.29. The number of piperidine rings is 1. The number of morpholine rings is 1. The van der Waals surface area contributed by atoms with Crippen LogP contribution in [0.4, 0.5) is 26.3 Å². The van der Waals surface area contributed by atoms with Gasteiger partial charge in [-0.2, -0.15) is 26.3 Å². The Morgan fingerprint density at radius 1 is 0.946 bits per heavy atom. The number of sulfone groups is 1. The number of benzene rings is 3. The van der Waals surface area contributed by atoms with Crippen molar-refractivity contribution in [3.8, 4) is 17.0 Å². The van der Waals surface area contributed by atoms with Crippen molar-refractivity contribution in [2.24, 2.45) is 0 Å². The van der Waals surface area contributed by atoms with Gasteiger partial charge in [0, 0.05) is 48.3 Å². The second-order valence-corrected chi connectivity index (χ2v) is 16.7. The van der Waals surface area contributed by atoms with Crippen LogP contribution in [0.2, 0.25) is 0 Å². The lowest BCUT2D eigenvalue weighted by Crippen LogP contribution is -2.48. The summed E-state index contributed by atoms with van der Waals surface area (Å²) in [6, 6.07) is 11.4. The number of carbonyl (C=O) groups excluding carboxylic acids is 1. The number of alkyl halides is 6. The third-order valence-corrected chi connectivity index (χ3v) is 12.5. The minimum absolute atomic E-state index is 0.0266. The van der Waals surface area contributed by atoms with Crippen LogP contribution in [-0.2, 0) is 27.3 Å². The van der Waals surface area contributed by atoms with E-state index in [2.05, 4.69) is 10.2 Å². The Morgan fingerprint density at radius 2 is 1.62 bits per heavy atom. The lowest BCUT2D eigenvalue weighted by molar-refractivity contribution is -0.155. The molecule has 2 saturated heterocycles. The van der Waals surface area contributed by atoms with Crippen LogP contribution in [-0.4, -0.2) is 92.6 Å². The van der Waals surface area contributed by atoms with Crippen molar-refractivity contribution >= 4 is 26.6 Å². The van der Waals surface area contributed by atoms with Crippen LogP contribution in [0.1, 0.15) is 66.7 Å². The third-order valence-electron chi connectivity index (χ3n) is 10.3. The first kappa shape index (κ1) is 41.4. The van der Waals surface area contributed by atoms with Crippen LogP contribution in [0.25, 0.3) is 22.2 Å². The molecule has 2 fully saturated rings. The van der Waals surface area contributed by atoms with Crippen molar-refractivity contribution in [1.82, 2.24) is 20.1 Å². The maximum absolute atomic E-state index is 14.8. The van der Waals surface area contributed by atoms with E-state index in [4.69, 9.17) is 14.5 Å². The molecule has 56 heavy (non-hydrogen) atoms. The molecule has 1 amide bonds. The Hall–Kier alpha value is -4.25. The van der Waals surface area contributed by atoms with E-state index < -0.39 is 45.0 Å². The molecule has 0 saturated carbocycles. The molecular weight excluding hydrogens is 763 g/mol. The van der Waals surface area contributed by atoms with Gasteiger partial charge in [0.2, 0.25) is 0 Å². The fraction of sp³-hybridized carbons (Fsp3) is 0.450. The zero-order chi connectivity index (χ0) is 40.4. The number of carbonyl (C=O) groups is 1. The highest BCUT2D eigenvalue weighted by Gasteiger charge is 2.43. The standard InChI is InChI=1S/C40H44F6N4O5S/c1-4-55-33-23-32-30(22-34(33)56(52,53)25(2)3)35(38(51)48-37(40(44,45)46)26-9-6-5-7-10-26)31(36(47-32)27-11-8-12-28(21-27)39(41,42)43)24-49-15-13-29(14-16-49)50-17-19-54-20-18-50/h5-12,21-23,25,29,37H,4,13-20,24H2,1-3H3,(H,48,51)/t37-/m1/s1. The number of hydrogen-bond acceptors (Lipinski definition) is 8. The molecule has 6 rings (SSSR count). The number of rotatable bonds is 11. The molecule has 1 atom stereocenters. The highest BCUT2D eigenvalue weighted by atomic mass is 32.2. The summed E-state index contributed by atoms with van der Waals surface area (Å²) in [6.07, 6.45) is -8.26. The average molecular weight is 807 g/mol. The predicted octanol–water partition coefficient (Wildman–Crippen LogP) is 7.83. The Labute approximate surface area is 321 Å². The molecule has 302 valence electrons. The Morgan fingerprint density at radius 3 is 2.23 bits per heavy atom. The van der Waals surface area contributed by atoms with Gasteiger partial charge in [0.15, 0.2) is 15.9 Å². The van der Waals surface area contributed by atoms with Crippen molar-refractivity contribution < 1.29 is 49.0 Å². The van der Waals surface area contributed by atoms with Crippen LogP contribution in [0.5, 0.6) is 5.75 Å². The molecule has 3 aromatic carbocycles. The highest BCUT2D eigenvalue weighted by molar-refractivity contribution is 7.92. The maximum Gasteiger partial charge on any atom is 0.416 e. The van der Waals surface area contributed by atoms with E-state index in [-0.39, 0.29) is 68.7 Å². The van der Waals surface area contributed by atoms with Gasteiger partial charge in [-0.15, -0.1) is 0 Å². The molecule has 16 heteroatoms. The van der Waals surface area contributed by atoms with Crippen LogP contribution >= 0.6 is 0 Å². The number of aromatic nitrogens is 1. The minimum atomic E-state index is -4.96. The molecule has 0 bridgehead atoms. The third kappa shape index (κ3) is 8.98. The number of nitrogens with zero attached hydrogens (tertiary/aromatic N) is 3. The smallest absolute Gasteiger partial charge is 0.416 e. The fourth-order valence-electron chi connectivity index (χ4n) is 7.36. The molecular formula is C40H44F6N4O5S. The van der Waals surface area contributed by atoms with E-state index in [0.29, 0.717) is 26.3 Å². The topological polar surface area (TPSA) is 101 Å². The fourth-order valence-corrected chi connectivity index (χ4v) is 8.55. The van der Waals surface area contributed by atoms with Gasteiger partial charge in [-0.05, 0) is 70.5 Å². The largest absolute Gasteiger partial charge is 0.492 e. The SMILES string of the molecule is CCOc1cc2nc(-c3cccc(C(F)(F)F)c3)c(CN3CCC(N4CCOCC4)CC3)c(C(=O)N[C@H](c3ccccc3)C(F)(F)F)c2cc1S(=O)(=O)C(C)C. The average Bonchev–Trinajstić information content (AvgIpc) is 3.16. The van der Waals surface area contributed by atoms with Crippen molar-refractivity contribution in [2.75, 3.05) is 46.0 Å². The number of hydrogen-bond donors (Lipinski definition) is 1. The minimum Gasteiger partial charge on any atom is -0.492 e. The van der Waals surface area contributed by atoms with Crippen LogP contribution in [0, 0.1) is 0 Å². The highest BCUT2D eigenvalue weighted by Crippen LogP contribution is 2.40. The van der Waals surface area contributed by atoms with Crippen molar-refractivity contribution in [3.05, 3.63) is 89.0 Å². The molecule has 2 aliphatic heterocycles. The molecule has 0 radical (unpaired) electrons. The van der Waals surface area contributed by atoms with Gasteiger partial charge in [0.1, 0.15) is 10.6 Å². The number of ether oxygens (including phenoxy) is 2.